The van der Waals surface area contributed by atoms with E-state index in [0.717, 1.165) is 30.6 Å². The average Bonchev–Trinajstić information content (AvgIpc) is 2.73. The molecule has 0 unspecified atom stereocenters. The van der Waals surface area contributed by atoms with Gasteiger partial charge in [-0.25, -0.2) is 0 Å². The van der Waals surface area contributed by atoms with Gasteiger partial charge in [-0.3, -0.25) is 4.79 Å². The van der Waals surface area contributed by atoms with Crippen LogP contribution in [0.1, 0.15) is 103 Å². The van der Waals surface area contributed by atoms with Gasteiger partial charge in [0, 0.05) is 12.0 Å². The number of para-hydroxylation sites is 1. The van der Waals surface area contributed by atoms with E-state index in [1.54, 1.807) is 0 Å². The minimum Gasteiger partial charge on any atom is -0.493 e. The van der Waals surface area contributed by atoms with Crippen molar-refractivity contribution < 1.29 is 14.3 Å². The van der Waals surface area contributed by atoms with Crippen LogP contribution in [0.3, 0.4) is 0 Å². The third-order valence-corrected chi connectivity index (χ3v) is 5.03. The highest BCUT2D eigenvalue weighted by Gasteiger charge is 2.03. The summed E-state index contributed by atoms with van der Waals surface area (Å²) >= 11 is 0. The van der Waals surface area contributed by atoms with Crippen molar-refractivity contribution in [2.75, 3.05) is 13.2 Å². The SMILES string of the molecule is CCCCCCCCCCC/C=C/c1ccccc1OCCCCC(=O)OCC. The van der Waals surface area contributed by atoms with Gasteiger partial charge in [0.05, 0.1) is 13.2 Å². The summed E-state index contributed by atoms with van der Waals surface area (Å²) in [6.45, 7) is 5.18. The highest BCUT2D eigenvalue weighted by atomic mass is 16.5. The zero-order chi connectivity index (χ0) is 21.0. The van der Waals surface area contributed by atoms with Gasteiger partial charge >= 0.3 is 5.97 Å². The molecule has 3 heteroatoms. The predicted molar refractivity (Wildman–Crippen MR) is 123 cm³/mol. The average molecular weight is 403 g/mol. The van der Waals surface area contributed by atoms with E-state index in [4.69, 9.17) is 9.47 Å². The standard InChI is InChI=1S/C26H42O3/c1-3-5-6-7-8-9-10-11-12-13-14-19-24-20-15-16-21-25(24)29-23-18-17-22-26(27)28-4-2/h14-16,19-21H,3-13,17-18,22-23H2,1-2H3/b19-14+. The molecular weight excluding hydrogens is 360 g/mol. The number of esters is 1. The molecule has 0 fully saturated rings. The van der Waals surface area contributed by atoms with Crippen LogP contribution in [-0.4, -0.2) is 19.2 Å². The third kappa shape index (κ3) is 13.9. The zero-order valence-corrected chi connectivity index (χ0v) is 18.8. The number of hydrogen-bond acceptors (Lipinski definition) is 3. The number of rotatable bonds is 18. The van der Waals surface area contributed by atoms with Crippen molar-refractivity contribution in [1.29, 1.82) is 0 Å². The maximum absolute atomic E-state index is 11.3. The lowest BCUT2D eigenvalue weighted by Gasteiger charge is -2.09. The van der Waals surface area contributed by atoms with Crippen LogP contribution in [0.25, 0.3) is 6.08 Å². The molecule has 0 saturated carbocycles. The van der Waals surface area contributed by atoms with E-state index in [1.165, 1.54) is 57.8 Å². The Morgan fingerprint density at radius 2 is 1.55 bits per heavy atom. The van der Waals surface area contributed by atoms with Gasteiger partial charge < -0.3 is 9.47 Å². The second-order valence-electron chi connectivity index (χ2n) is 7.67. The van der Waals surface area contributed by atoms with Gasteiger partial charge in [-0.15, -0.1) is 0 Å². The lowest BCUT2D eigenvalue weighted by molar-refractivity contribution is -0.143. The van der Waals surface area contributed by atoms with E-state index in [9.17, 15) is 4.79 Å². The Morgan fingerprint density at radius 3 is 2.28 bits per heavy atom. The number of carbonyl (C=O) groups excluding carboxylic acids is 1. The lowest BCUT2D eigenvalue weighted by atomic mass is 10.1. The fourth-order valence-corrected chi connectivity index (χ4v) is 3.32. The van der Waals surface area contributed by atoms with Crippen molar-refractivity contribution in [1.82, 2.24) is 0 Å². The Kier molecular flexibility index (Phi) is 15.9. The number of unbranched alkanes of at least 4 members (excludes halogenated alkanes) is 10. The summed E-state index contributed by atoms with van der Waals surface area (Å²) in [4.78, 5) is 11.3. The molecule has 0 heterocycles. The fourth-order valence-electron chi connectivity index (χ4n) is 3.32. The molecule has 0 aliphatic rings. The van der Waals surface area contributed by atoms with Crippen molar-refractivity contribution in [3.63, 3.8) is 0 Å². The Hall–Kier alpha value is -1.77. The molecule has 1 aromatic rings. The summed E-state index contributed by atoms with van der Waals surface area (Å²) in [5, 5.41) is 0. The van der Waals surface area contributed by atoms with E-state index in [0.29, 0.717) is 19.6 Å². The number of hydrogen-bond donors (Lipinski definition) is 0. The van der Waals surface area contributed by atoms with Crippen molar-refractivity contribution in [3.8, 4) is 5.75 Å². The van der Waals surface area contributed by atoms with Gasteiger partial charge in [0.1, 0.15) is 5.75 Å². The number of ether oxygens (including phenoxy) is 2. The molecular formula is C26H42O3. The second-order valence-corrected chi connectivity index (χ2v) is 7.67. The summed E-state index contributed by atoms with van der Waals surface area (Å²) in [5.41, 5.74) is 1.13. The monoisotopic (exact) mass is 402 g/mol. The molecule has 0 aliphatic carbocycles. The zero-order valence-electron chi connectivity index (χ0n) is 18.8. The molecule has 0 bridgehead atoms. The van der Waals surface area contributed by atoms with Crippen LogP contribution in [0.2, 0.25) is 0 Å². The first-order valence-corrected chi connectivity index (χ1v) is 11.8. The molecule has 0 N–H and O–H groups in total. The molecule has 1 rings (SSSR count). The largest absolute Gasteiger partial charge is 0.493 e. The van der Waals surface area contributed by atoms with Gasteiger partial charge in [-0.05, 0) is 38.7 Å². The van der Waals surface area contributed by atoms with Crippen LogP contribution in [0.15, 0.2) is 30.3 Å². The smallest absolute Gasteiger partial charge is 0.305 e. The van der Waals surface area contributed by atoms with E-state index in [2.05, 4.69) is 25.1 Å². The van der Waals surface area contributed by atoms with Crippen LogP contribution in [-0.2, 0) is 9.53 Å². The number of carbonyl (C=O) groups is 1. The van der Waals surface area contributed by atoms with Gasteiger partial charge in [-0.1, -0.05) is 88.6 Å². The summed E-state index contributed by atoms with van der Waals surface area (Å²) < 4.78 is 10.9. The molecule has 1 aromatic carbocycles. The highest BCUT2D eigenvalue weighted by molar-refractivity contribution is 5.69. The van der Waals surface area contributed by atoms with E-state index in [1.807, 2.05) is 25.1 Å². The molecule has 0 spiro atoms. The van der Waals surface area contributed by atoms with E-state index >= 15 is 0 Å². The Morgan fingerprint density at radius 1 is 0.862 bits per heavy atom. The lowest BCUT2D eigenvalue weighted by Crippen LogP contribution is -2.05. The van der Waals surface area contributed by atoms with Gasteiger partial charge in [0.2, 0.25) is 0 Å². The molecule has 164 valence electrons. The van der Waals surface area contributed by atoms with Crippen LogP contribution in [0.4, 0.5) is 0 Å². The molecule has 3 nitrogen and oxygen atoms in total. The van der Waals surface area contributed by atoms with Crippen LogP contribution < -0.4 is 4.74 Å². The molecule has 0 aromatic heterocycles. The molecule has 29 heavy (non-hydrogen) atoms. The van der Waals surface area contributed by atoms with Gasteiger partial charge in [-0.2, -0.15) is 0 Å². The van der Waals surface area contributed by atoms with Crippen molar-refractivity contribution in [3.05, 3.63) is 35.9 Å². The Labute approximate surface area is 178 Å². The summed E-state index contributed by atoms with van der Waals surface area (Å²) in [7, 11) is 0. The van der Waals surface area contributed by atoms with Gasteiger partial charge in [0.15, 0.2) is 0 Å². The third-order valence-electron chi connectivity index (χ3n) is 5.03. The van der Waals surface area contributed by atoms with Crippen molar-refractivity contribution in [2.24, 2.45) is 0 Å². The molecule has 0 saturated heterocycles. The Balaban J connectivity index is 2.15. The van der Waals surface area contributed by atoms with Crippen LogP contribution >= 0.6 is 0 Å². The van der Waals surface area contributed by atoms with Crippen molar-refractivity contribution >= 4 is 12.0 Å². The minimum absolute atomic E-state index is 0.118. The summed E-state index contributed by atoms with van der Waals surface area (Å²) in [6, 6.07) is 8.17. The van der Waals surface area contributed by atoms with Crippen LogP contribution in [0.5, 0.6) is 5.75 Å². The molecule has 0 aliphatic heterocycles. The summed E-state index contributed by atoms with van der Waals surface area (Å²) in [5.74, 6) is 0.805. The Bertz CT molecular complexity index is 551. The first kappa shape index (κ1) is 25.3. The quantitative estimate of drug-likeness (QED) is 0.186. The van der Waals surface area contributed by atoms with Gasteiger partial charge in [0.25, 0.3) is 0 Å². The first-order chi connectivity index (χ1) is 14.3. The molecule has 0 radical (unpaired) electrons. The summed E-state index contributed by atoms with van der Waals surface area (Å²) in [6.07, 6.45) is 20.0. The van der Waals surface area contributed by atoms with Crippen molar-refractivity contribution in [2.45, 2.75) is 97.3 Å². The molecule has 0 amide bonds. The number of benzene rings is 1. The number of allylic oxidation sites excluding steroid dienone is 1. The second kappa shape index (κ2) is 18.3. The normalized spacial score (nSPS) is 11.1. The van der Waals surface area contributed by atoms with E-state index in [-0.39, 0.29) is 5.97 Å². The maximum atomic E-state index is 11.3. The highest BCUT2D eigenvalue weighted by Crippen LogP contribution is 2.20. The predicted octanol–water partition coefficient (Wildman–Crippen LogP) is 7.73. The maximum Gasteiger partial charge on any atom is 0.305 e. The molecule has 0 atom stereocenters. The fraction of sp³-hybridized carbons (Fsp3) is 0.654. The first-order valence-electron chi connectivity index (χ1n) is 11.8. The minimum atomic E-state index is -0.118. The topological polar surface area (TPSA) is 35.5 Å². The van der Waals surface area contributed by atoms with Crippen LogP contribution in [0, 0.1) is 0 Å². The van der Waals surface area contributed by atoms with E-state index < -0.39 is 0 Å².